The highest BCUT2D eigenvalue weighted by atomic mass is 79.9. The number of para-hydroxylation sites is 1. The quantitative estimate of drug-likeness (QED) is 0.469. The number of benzene rings is 2. The number of sulfonamides is 1. The molecule has 4 rings (SSSR count). The van der Waals surface area contributed by atoms with Gasteiger partial charge < -0.3 is 0 Å². The first-order valence-electron chi connectivity index (χ1n) is 10.1. The summed E-state index contributed by atoms with van der Waals surface area (Å²) in [7, 11) is -4.79. The molecule has 0 aliphatic carbocycles. The Balaban J connectivity index is 1.83. The molecule has 1 aliphatic heterocycles. The molecule has 0 saturated heterocycles. The van der Waals surface area contributed by atoms with Gasteiger partial charge in [0.1, 0.15) is 4.90 Å². The summed E-state index contributed by atoms with van der Waals surface area (Å²) in [5.41, 5.74) is 3.32. The molecular weight excluding hydrogens is 464 g/mol. The van der Waals surface area contributed by atoms with Gasteiger partial charge in [-0.1, -0.05) is 72.2 Å². The number of hydrogen-bond donors (Lipinski definition) is 0. The summed E-state index contributed by atoms with van der Waals surface area (Å²) in [6.45, 7) is 5.46. The van der Waals surface area contributed by atoms with Gasteiger partial charge in [-0.3, -0.25) is 4.98 Å². The van der Waals surface area contributed by atoms with Crippen LogP contribution in [0.2, 0.25) is 12.1 Å². The summed E-state index contributed by atoms with van der Waals surface area (Å²) < 4.78 is 30.2. The third kappa shape index (κ3) is 3.69. The zero-order chi connectivity index (χ0) is 20.6. The fourth-order valence-electron chi connectivity index (χ4n) is 4.52. The lowest BCUT2D eigenvalue weighted by Crippen LogP contribution is -2.43. The lowest BCUT2D eigenvalue weighted by atomic mass is 10.0. The average Bonchev–Trinajstić information content (AvgIpc) is 2.74. The van der Waals surface area contributed by atoms with Crippen LogP contribution in [0.3, 0.4) is 0 Å². The van der Waals surface area contributed by atoms with Crippen LogP contribution in [0.4, 0.5) is 0 Å². The number of fused-ring (bicyclic) bond motifs is 2. The molecule has 0 bridgehead atoms. The molecule has 2 aromatic carbocycles. The van der Waals surface area contributed by atoms with Crippen molar-refractivity contribution >= 4 is 45.7 Å². The van der Waals surface area contributed by atoms with Gasteiger partial charge in [-0.2, -0.15) is 4.31 Å². The van der Waals surface area contributed by atoms with Crippen LogP contribution in [0.25, 0.3) is 10.9 Å². The standard InChI is InChI=1S/C22H25BrN2O2SSi/c1-3-29(4-2)21-15-25(14-18-17(21)10-6-11-19(18)23)28(26,27)20-12-5-8-16-9-7-13-24-22(16)20/h5-13,21,29H,3-4,14-15H2,1-2H3/t21-/m0/s1. The van der Waals surface area contributed by atoms with Gasteiger partial charge in [-0.25, -0.2) is 8.42 Å². The van der Waals surface area contributed by atoms with Gasteiger partial charge in [0.2, 0.25) is 10.0 Å². The van der Waals surface area contributed by atoms with Crippen molar-refractivity contribution in [3.8, 4) is 0 Å². The third-order valence-electron chi connectivity index (χ3n) is 6.12. The molecule has 152 valence electrons. The van der Waals surface area contributed by atoms with Gasteiger partial charge >= 0.3 is 0 Å². The molecule has 0 spiro atoms. The van der Waals surface area contributed by atoms with E-state index in [2.05, 4.69) is 46.9 Å². The van der Waals surface area contributed by atoms with Crippen LogP contribution in [0.15, 0.2) is 64.1 Å². The molecule has 1 atom stereocenters. The van der Waals surface area contributed by atoms with E-state index < -0.39 is 18.8 Å². The van der Waals surface area contributed by atoms with E-state index >= 15 is 0 Å². The summed E-state index contributed by atoms with van der Waals surface area (Å²) in [4.78, 5) is 4.69. The predicted octanol–water partition coefficient (Wildman–Crippen LogP) is 5.09. The van der Waals surface area contributed by atoms with Gasteiger partial charge in [0.05, 0.1) is 5.52 Å². The lowest BCUT2D eigenvalue weighted by Gasteiger charge is -2.37. The molecule has 0 saturated carbocycles. The summed E-state index contributed by atoms with van der Waals surface area (Å²) in [5, 5.41) is 0.845. The molecule has 0 amide bonds. The van der Waals surface area contributed by atoms with Crippen molar-refractivity contribution in [2.24, 2.45) is 0 Å². The van der Waals surface area contributed by atoms with E-state index in [1.807, 2.05) is 24.3 Å². The molecule has 3 aromatic rings. The average molecular weight is 490 g/mol. The first-order chi connectivity index (χ1) is 14.0. The molecule has 1 aliphatic rings. The summed E-state index contributed by atoms with van der Waals surface area (Å²) in [5.74, 6) is 0. The second kappa shape index (κ2) is 8.30. The monoisotopic (exact) mass is 488 g/mol. The molecule has 2 heterocycles. The Labute approximate surface area is 182 Å². The van der Waals surface area contributed by atoms with Gasteiger partial charge in [0.15, 0.2) is 0 Å². The maximum absolute atomic E-state index is 13.8. The minimum atomic E-state index is -3.66. The molecule has 4 nitrogen and oxygen atoms in total. The fourth-order valence-corrected chi connectivity index (χ4v) is 9.86. The summed E-state index contributed by atoms with van der Waals surface area (Å²) in [6, 6.07) is 17.7. The molecule has 29 heavy (non-hydrogen) atoms. The van der Waals surface area contributed by atoms with Crippen molar-refractivity contribution in [3.63, 3.8) is 0 Å². The number of hydrogen-bond acceptors (Lipinski definition) is 3. The number of rotatable bonds is 5. The topological polar surface area (TPSA) is 50.3 Å². The molecule has 0 N–H and O–H groups in total. The normalized spacial score (nSPS) is 17.6. The van der Waals surface area contributed by atoms with Crippen molar-refractivity contribution in [2.75, 3.05) is 6.54 Å². The van der Waals surface area contributed by atoms with E-state index in [0.717, 1.165) is 27.5 Å². The number of halogens is 1. The maximum Gasteiger partial charge on any atom is 0.245 e. The molecular formula is C22H25BrN2O2SSi. The van der Waals surface area contributed by atoms with Crippen molar-refractivity contribution < 1.29 is 8.42 Å². The van der Waals surface area contributed by atoms with E-state index in [0.29, 0.717) is 29.0 Å². The number of aromatic nitrogens is 1. The van der Waals surface area contributed by atoms with Crippen molar-refractivity contribution in [1.29, 1.82) is 0 Å². The fraction of sp³-hybridized carbons (Fsp3) is 0.318. The Kier molecular flexibility index (Phi) is 5.93. The van der Waals surface area contributed by atoms with Crippen LogP contribution < -0.4 is 0 Å². The highest BCUT2D eigenvalue weighted by Gasteiger charge is 2.37. The van der Waals surface area contributed by atoms with Gasteiger partial charge in [-0.15, -0.1) is 0 Å². The SMILES string of the molecule is CC[SiH](CC)[C@H]1CN(S(=O)(=O)c2cccc3cccnc23)Cc2c(Br)cccc21. The van der Waals surface area contributed by atoms with E-state index in [-0.39, 0.29) is 0 Å². The Bertz CT molecular complexity index is 1140. The van der Waals surface area contributed by atoms with E-state index in [9.17, 15) is 8.42 Å². The van der Waals surface area contributed by atoms with Crippen molar-refractivity contribution in [3.05, 3.63) is 70.3 Å². The zero-order valence-corrected chi connectivity index (χ0v) is 20.2. The Morgan fingerprint density at radius 2 is 1.83 bits per heavy atom. The van der Waals surface area contributed by atoms with Crippen LogP contribution >= 0.6 is 15.9 Å². The second-order valence-corrected chi connectivity index (χ2v) is 14.3. The highest BCUT2D eigenvalue weighted by molar-refractivity contribution is 9.10. The van der Waals surface area contributed by atoms with Crippen LogP contribution in [0, 0.1) is 0 Å². The Morgan fingerprint density at radius 1 is 1.10 bits per heavy atom. The Morgan fingerprint density at radius 3 is 2.59 bits per heavy atom. The van der Waals surface area contributed by atoms with Crippen molar-refractivity contribution in [2.45, 2.75) is 42.9 Å². The summed E-state index contributed by atoms with van der Waals surface area (Å²) in [6.07, 6.45) is 1.66. The number of pyridine rings is 1. The van der Waals surface area contributed by atoms with E-state index in [1.54, 1.807) is 22.6 Å². The first-order valence-corrected chi connectivity index (χ1v) is 14.6. The smallest absolute Gasteiger partial charge is 0.245 e. The van der Waals surface area contributed by atoms with Gasteiger partial charge in [0, 0.05) is 37.9 Å². The number of nitrogens with zero attached hydrogens (tertiary/aromatic N) is 2. The summed E-state index contributed by atoms with van der Waals surface area (Å²) >= 11 is 3.67. The van der Waals surface area contributed by atoms with Crippen LogP contribution in [0.5, 0.6) is 0 Å². The molecule has 7 heteroatoms. The minimum Gasteiger partial charge on any atom is -0.255 e. The third-order valence-corrected chi connectivity index (χ3v) is 12.5. The Hall–Kier alpha value is -1.54. The molecule has 0 radical (unpaired) electrons. The maximum atomic E-state index is 13.8. The molecule has 0 fully saturated rings. The predicted molar refractivity (Wildman–Crippen MR) is 124 cm³/mol. The van der Waals surface area contributed by atoms with Crippen LogP contribution in [-0.4, -0.2) is 33.0 Å². The first kappa shape index (κ1) is 20.7. The highest BCUT2D eigenvalue weighted by Crippen LogP contribution is 2.38. The van der Waals surface area contributed by atoms with Crippen molar-refractivity contribution in [1.82, 2.24) is 9.29 Å². The minimum absolute atomic E-state index is 0.302. The second-order valence-electron chi connectivity index (χ2n) is 7.62. The lowest BCUT2D eigenvalue weighted by molar-refractivity contribution is 0.382. The van der Waals surface area contributed by atoms with Gasteiger partial charge in [0.25, 0.3) is 0 Å². The van der Waals surface area contributed by atoms with E-state index in [1.165, 1.54) is 5.56 Å². The largest absolute Gasteiger partial charge is 0.255 e. The zero-order valence-electron chi connectivity index (χ0n) is 16.7. The van der Waals surface area contributed by atoms with Crippen LogP contribution in [-0.2, 0) is 16.6 Å². The van der Waals surface area contributed by atoms with E-state index in [4.69, 9.17) is 0 Å². The molecule has 0 unspecified atom stereocenters. The molecule has 1 aromatic heterocycles. The van der Waals surface area contributed by atoms with Crippen LogP contribution in [0.1, 0.15) is 30.5 Å². The van der Waals surface area contributed by atoms with Gasteiger partial charge in [-0.05, 0) is 34.9 Å².